The molecule has 5 heteroatoms. The maximum atomic E-state index is 6.08. The highest BCUT2D eigenvalue weighted by atomic mass is 16.6. The van der Waals surface area contributed by atoms with E-state index >= 15 is 0 Å². The molecule has 0 spiro atoms. The second-order valence-electron chi connectivity index (χ2n) is 8.12. The minimum absolute atomic E-state index is 0.188. The average Bonchev–Trinajstić information content (AvgIpc) is 2.66. The normalized spacial score (nSPS) is 16.5. The molecule has 0 bridgehead atoms. The van der Waals surface area contributed by atoms with Crippen LogP contribution < -0.4 is 4.90 Å². The Bertz CT molecular complexity index is 578. The highest BCUT2D eigenvalue weighted by Gasteiger charge is 2.24. The van der Waals surface area contributed by atoms with Crippen LogP contribution in [-0.4, -0.2) is 56.4 Å². The van der Waals surface area contributed by atoms with E-state index in [-0.39, 0.29) is 12.7 Å². The monoisotopic (exact) mass is 372 g/mol. The maximum absolute atomic E-state index is 6.08. The van der Waals surface area contributed by atoms with Crippen LogP contribution in [0.1, 0.15) is 53.5 Å². The smallest absolute Gasteiger partial charge is 0.408 e. The van der Waals surface area contributed by atoms with Crippen LogP contribution in [0.3, 0.4) is 0 Å². The fourth-order valence-electron chi connectivity index (χ4n) is 3.17. The molecule has 27 heavy (non-hydrogen) atoms. The summed E-state index contributed by atoms with van der Waals surface area (Å²) in [7, 11) is -0.311. The minimum atomic E-state index is -0.311. The number of hydrogen-bond acceptors (Lipinski definition) is 4. The molecular formula is C22H37BN2O2. The van der Waals surface area contributed by atoms with Gasteiger partial charge in [0.25, 0.3) is 0 Å². The first-order chi connectivity index (χ1) is 12.8. The highest BCUT2D eigenvalue weighted by Crippen LogP contribution is 2.20. The van der Waals surface area contributed by atoms with Gasteiger partial charge in [-0.05, 0) is 58.7 Å². The Labute approximate surface area is 166 Å². The Morgan fingerprint density at radius 3 is 2.22 bits per heavy atom. The topological polar surface area (TPSA) is 24.9 Å². The molecule has 0 unspecified atom stereocenters. The molecule has 1 aliphatic rings. The lowest BCUT2D eigenvalue weighted by Crippen LogP contribution is -2.48. The van der Waals surface area contributed by atoms with Gasteiger partial charge in [0, 0.05) is 50.1 Å². The SMILES string of the molecule is CCOB(/C=C/c1ccc(N2CCN(C(C)C)CC2)cc1)OC(C)(C)CC. The van der Waals surface area contributed by atoms with Crippen LogP contribution >= 0.6 is 0 Å². The zero-order valence-corrected chi connectivity index (χ0v) is 18.1. The Morgan fingerprint density at radius 2 is 1.70 bits per heavy atom. The maximum Gasteiger partial charge on any atom is 0.486 e. The lowest BCUT2D eigenvalue weighted by molar-refractivity contribution is 0.0700. The summed E-state index contributed by atoms with van der Waals surface area (Å²) in [5, 5.41) is 0. The first kappa shape index (κ1) is 22.0. The summed E-state index contributed by atoms with van der Waals surface area (Å²) in [5.41, 5.74) is 2.29. The molecular weight excluding hydrogens is 335 g/mol. The first-order valence-electron chi connectivity index (χ1n) is 10.4. The van der Waals surface area contributed by atoms with E-state index in [1.54, 1.807) is 0 Å². The van der Waals surface area contributed by atoms with Crippen molar-refractivity contribution in [2.24, 2.45) is 0 Å². The molecule has 0 aromatic heterocycles. The summed E-state index contributed by atoms with van der Waals surface area (Å²) >= 11 is 0. The standard InChI is InChI=1S/C22H37BN2O2/c1-7-22(5,6)27-23(26-8-2)14-13-20-9-11-21(12-10-20)25-17-15-24(16-18-25)19(3)4/h9-14,19H,7-8,15-18H2,1-6H3/b14-13+. The van der Waals surface area contributed by atoms with Gasteiger partial charge in [-0.2, -0.15) is 0 Å². The molecule has 0 atom stereocenters. The Morgan fingerprint density at radius 1 is 1.07 bits per heavy atom. The number of anilines is 1. The molecule has 1 aliphatic heterocycles. The van der Waals surface area contributed by atoms with E-state index in [4.69, 9.17) is 9.31 Å². The van der Waals surface area contributed by atoms with Gasteiger partial charge in [-0.1, -0.05) is 31.1 Å². The zero-order valence-electron chi connectivity index (χ0n) is 18.1. The molecule has 1 fully saturated rings. The molecule has 150 valence electrons. The van der Waals surface area contributed by atoms with Crippen LogP contribution in [0.5, 0.6) is 0 Å². The van der Waals surface area contributed by atoms with E-state index in [0.717, 1.165) is 32.6 Å². The van der Waals surface area contributed by atoms with E-state index in [1.807, 2.05) is 12.9 Å². The van der Waals surface area contributed by atoms with Crippen molar-refractivity contribution in [2.75, 3.05) is 37.7 Å². The summed E-state index contributed by atoms with van der Waals surface area (Å²) in [6.07, 6.45) is 3.04. The van der Waals surface area contributed by atoms with Crippen LogP contribution in [-0.2, 0) is 9.31 Å². The largest absolute Gasteiger partial charge is 0.486 e. The highest BCUT2D eigenvalue weighted by molar-refractivity contribution is 6.51. The van der Waals surface area contributed by atoms with Crippen molar-refractivity contribution < 1.29 is 9.31 Å². The zero-order chi connectivity index (χ0) is 19.9. The number of rotatable bonds is 9. The fourth-order valence-corrected chi connectivity index (χ4v) is 3.17. The molecule has 0 N–H and O–H groups in total. The van der Waals surface area contributed by atoms with Crippen molar-refractivity contribution >= 4 is 18.9 Å². The van der Waals surface area contributed by atoms with E-state index in [2.05, 4.69) is 74.8 Å². The first-order valence-corrected chi connectivity index (χ1v) is 10.4. The van der Waals surface area contributed by atoms with Crippen LogP contribution in [0.4, 0.5) is 5.69 Å². The van der Waals surface area contributed by atoms with Crippen molar-refractivity contribution in [1.82, 2.24) is 4.90 Å². The average molecular weight is 372 g/mol. The van der Waals surface area contributed by atoms with Gasteiger partial charge in [0.05, 0.1) is 0 Å². The number of piperazine rings is 1. The molecule has 1 heterocycles. The van der Waals surface area contributed by atoms with E-state index in [9.17, 15) is 0 Å². The van der Waals surface area contributed by atoms with Gasteiger partial charge in [0.1, 0.15) is 0 Å². The predicted octanol–water partition coefficient (Wildman–Crippen LogP) is 4.50. The summed E-state index contributed by atoms with van der Waals surface area (Å²) < 4.78 is 11.8. The van der Waals surface area contributed by atoms with E-state index < -0.39 is 0 Å². The van der Waals surface area contributed by atoms with Crippen molar-refractivity contribution in [3.63, 3.8) is 0 Å². The third-order valence-electron chi connectivity index (χ3n) is 5.37. The molecule has 1 saturated heterocycles. The lowest BCUT2D eigenvalue weighted by Gasteiger charge is -2.38. The Hall–Kier alpha value is -1.30. The predicted molar refractivity (Wildman–Crippen MR) is 117 cm³/mol. The lowest BCUT2D eigenvalue weighted by atomic mass is 9.86. The van der Waals surface area contributed by atoms with Gasteiger partial charge >= 0.3 is 7.12 Å². The third kappa shape index (κ3) is 6.98. The third-order valence-corrected chi connectivity index (χ3v) is 5.37. The van der Waals surface area contributed by atoms with Gasteiger partial charge < -0.3 is 14.2 Å². The minimum Gasteiger partial charge on any atom is -0.408 e. The molecule has 0 saturated carbocycles. The van der Waals surface area contributed by atoms with Gasteiger partial charge in [-0.3, -0.25) is 4.90 Å². The van der Waals surface area contributed by atoms with Crippen LogP contribution in [0.15, 0.2) is 30.2 Å². The molecule has 1 aromatic rings. The van der Waals surface area contributed by atoms with E-state index in [0.29, 0.717) is 12.6 Å². The van der Waals surface area contributed by atoms with Gasteiger partial charge in [0.2, 0.25) is 0 Å². The molecule has 1 aromatic carbocycles. The summed E-state index contributed by atoms with van der Waals surface area (Å²) in [6.45, 7) is 18.0. The second kappa shape index (κ2) is 10.3. The molecule has 4 nitrogen and oxygen atoms in total. The van der Waals surface area contributed by atoms with Crippen molar-refractivity contribution in [3.8, 4) is 0 Å². The number of nitrogens with zero attached hydrogens (tertiary/aromatic N) is 2. The second-order valence-corrected chi connectivity index (χ2v) is 8.12. The van der Waals surface area contributed by atoms with Gasteiger partial charge in [0.15, 0.2) is 0 Å². The quantitative estimate of drug-likeness (QED) is 0.596. The Kier molecular flexibility index (Phi) is 8.40. The van der Waals surface area contributed by atoms with Gasteiger partial charge in [-0.15, -0.1) is 0 Å². The van der Waals surface area contributed by atoms with Crippen LogP contribution in [0.25, 0.3) is 6.08 Å². The van der Waals surface area contributed by atoms with Crippen molar-refractivity contribution in [1.29, 1.82) is 0 Å². The number of hydrogen-bond donors (Lipinski definition) is 0. The van der Waals surface area contributed by atoms with Crippen molar-refractivity contribution in [3.05, 3.63) is 35.8 Å². The van der Waals surface area contributed by atoms with Crippen molar-refractivity contribution in [2.45, 2.75) is 59.6 Å². The Balaban J connectivity index is 1.95. The molecule has 2 rings (SSSR count). The van der Waals surface area contributed by atoms with Crippen LogP contribution in [0.2, 0.25) is 0 Å². The molecule has 0 radical (unpaired) electrons. The van der Waals surface area contributed by atoms with E-state index in [1.165, 1.54) is 11.3 Å². The summed E-state index contributed by atoms with van der Waals surface area (Å²) in [4.78, 5) is 5.02. The number of benzene rings is 1. The van der Waals surface area contributed by atoms with Gasteiger partial charge in [-0.25, -0.2) is 0 Å². The van der Waals surface area contributed by atoms with Crippen LogP contribution in [0, 0.1) is 0 Å². The molecule has 0 amide bonds. The molecule has 0 aliphatic carbocycles. The summed E-state index contributed by atoms with van der Waals surface area (Å²) in [6, 6.07) is 9.43. The summed E-state index contributed by atoms with van der Waals surface area (Å²) in [5.74, 6) is 2.01. The fraction of sp³-hybridized carbons (Fsp3) is 0.636.